The molecule has 0 aliphatic heterocycles. The molecule has 0 saturated heterocycles. The van der Waals surface area contributed by atoms with Crippen molar-refractivity contribution in [2.75, 3.05) is 20.3 Å². The lowest BCUT2D eigenvalue weighted by Gasteiger charge is -2.31. The van der Waals surface area contributed by atoms with Crippen LogP contribution in [0.3, 0.4) is 0 Å². The molecule has 3 unspecified atom stereocenters. The molecule has 0 spiro atoms. The quantitative estimate of drug-likeness (QED) is 0.785. The lowest BCUT2D eigenvalue weighted by Crippen LogP contribution is -2.42. The van der Waals surface area contributed by atoms with E-state index in [4.69, 9.17) is 4.74 Å². The molecule has 0 aromatic rings. The van der Waals surface area contributed by atoms with Crippen LogP contribution in [-0.4, -0.2) is 43.7 Å². The summed E-state index contributed by atoms with van der Waals surface area (Å²) in [4.78, 5) is 0. The maximum absolute atomic E-state index is 12.5. The summed E-state index contributed by atoms with van der Waals surface area (Å²) in [7, 11) is 1.48. The zero-order chi connectivity index (χ0) is 12.9. The van der Waals surface area contributed by atoms with Gasteiger partial charge in [-0.1, -0.05) is 6.42 Å². The van der Waals surface area contributed by atoms with Crippen molar-refractivity contribution in [1.82, 2.24) is 5.32 Å². The second kappa shape index (κ2) is 6.56. The largest absolute Gasteiger partial charge is 0.391 e. The summed E-state index contributed by atoms with van der Waals surface area (Å²) in [5.74, 6) is -1.20. The molecule has 0 heterocycles. The fourth-order valence-electron chi connectivity index (χ4n) is 2.23. The summed E-state index contributed by atoms with van der Waals surface area (Å²) in [5.41, 5.74) is 0. The summed E-state index contributed by atoms with van der Waals surface area (Å²) in [5, 5.41) is 12.4. The first-order valence-electron chi connectivity index (χ1n) is 5.90. The van der Waals surface area contributed by atoms with Crippen LogP contribution in [0.5, 0.6) is 0 Å². The van der Waals surface area contributed by atoms with Crippen LogP contribution in [0.4, 0.5) is 13.2 Å². The van der Waals surface area contributed by atoms with Gasteiger partial charge >= 0.3 is 6.18 Å². The Bertz CT molecular complexity index is 223. The summed E-state index contributed by atoms with van der Waals surface area (Å²) < 4.78 is 42.4. The Labute approximate surface area is 99.3 Å². The highest BCUT2D eigenvalue weighted by Crippen LogP contribution is 2.37. The molecule has 6 heteroatoms. The summed E-state index contributed by atoms with van der Waals surface area (Å²) >= 11 is 0. The van der Waals surface area contributed by atoms with E-state index in [0.29, 0.717) is 6.42 Å². The molecule has 2 N–H and O–H groups in total. The molecule has 0 radical (unpaired) electrons. The number of ether oxygens (including phenoxy) is 1. The van der Waals surface area contributed by atoms with Gasteiger partial charge < -0.3 is 15.2 Å². The van der Waals surface area contributed by atoms with Crippen LogP contribution in [-0.2, 0) is 4.74 Å². The number of alkyl halides is 3. The SMILES string of the molecule is COCC(O)CNC1CCCC(C(F)(F)F)C1. The average Bonchev–Trinajstić information content (AvgIpc) is 2.26. The predicted molar refractivity (Wildman–Crippen MR) is 57.7 cm³/mol. The van der Waals surface area contributed by atoms with Crippen LogP contribution in [0, 0.1) is 5.92 Å². The van der Waals surface area contributed by atoms with Crippen LogP contribution < -0.4 is 5.32 Å². The summed E-state index contributed by atoms with van der Waals surface area (Å²) in [6.45, 7) is 0.478. The predicted octanol–water partition coefficient (Wildman–Crippen LogP) is 1.70. The van der Waals surface area contributed by atoms with Gasteiger partial charge in [-0.25, -0.2) is 0 Å². The molecular formula is C11H20F3NO2. The fraction of sp³-hybridized carbons (Fsp3) is 1.00. The standard InChI is InChI=1S/C11H20F3NO2/c1-17-7-10(16)6-15-9-4-2-3-8(5-9)11(12,13)14/h8-10,15-16H,2-7H2,1H3. The van der Waals surface area contributed by atoms with Crippen molar-refractivity contribution in [2.45, 2.75) is 44.0 Å². The summed E-state index contributed by atoms with van der Waals surface area (Å²) in [6.07, 6.45) is -3.09. The van der Waals surface area contributed by atoms with Gasteiger partial charge in [0.25, 0.3) is 0 Å². The van der Waals surface area contributed by atoms with E-state index in [1.807, 2.05) is 0 Å². The van der Waals surface area contributed by atoms with Gasteiger partial charge in [-0.3, -0.25) is 0 Å². The molecule has 1 rings (SSSR count). The van der Waals surface area contributed by atoms with Crippen molar-refractivity contribution >= 4 is 0 Å². The van der Waals surface area contributed by atoms with Gasteiger partial charge in [0.2, 0.25) is 0 Å². The zero-order valence-corrected chi connectivity index (χ0v) is 9.96. The number of nitrogens with one attached hydrogen (secondary N) is 1. The molecule has 0 bridgehead atoms. The minimum Gasteiger partial charge on any atom is -0.389 e. The maximum Gasteiger partial charge on any atom is 0.391 e. The second-order valence-electron chi connectivity index (χ2n) is 4.62. The van der Waals surface area contributed by atoms with Gasteiger partial charge in [-0.15, -0.1) is 0 Å². The third kappa shape index (κ3) is 5.23. The number of rotatable bonds is 5. The molecule has 1 aliphatic carbocycles. The Kier molecular flexibility index (Phi) is 5.69. The highest BCUT2D eigenvalue weighted by molar-refractivity contribution is 4.82. The number of hydrogen-bond acceptors (Lipinski definition) is 3. The Balaban J connectivity index is 2.30. The number of hydrogen-bond donors (Lipinski definition) is 2. The second-order valence-corrected chi connectivity index (χ2v) is 4.62. The van der Waals surface area contributed by atoms with Gasteiger partial charge in [0.15, 0.2) is 0 Å². The monoisotopic (exact) mass is 255 g/mol. The number of methoxy groups -OCH3 is 1. The molecule has 1 aliphatic rings. The van der Waals surface area contributed by atoms with Gasteiger partial charge in [-0.05, 0) is 19.3 Å². The van der Waals surface area contributed by atoms with Crippen LogP contribution >= 0.6 is 0 Å². The number of halogens is 3. The van der Waals surface area contributed by atoms with E-state index in [0.717, 1.165) is 6.42 Å². The van der Waals surface area contributed by atoms with Crippen LogP contribution in [0.15, 0.2) is 0 Å². The van der Waals surface area contributed by atoms with Gasteiger partial charge in [0, 0.05) is 19.7 Å². The third-order valence-electron chi connectivity index (χ3n) is 3.14. The summed E-state index contributed by atoms with van der Waals surface area (Å²) in [6, 6.07) is -0.151. The van der Waals surface area contributed by atoms with E-state index in [9.17, 15) is 18.3 Å². The lowest BCUT2D eigenvalue weighted by atomic mass is 9.85. The Morgan fingerprint density at radius 2 is 2.12 bits per heavy atom. The van der Waals surface area contributed by atoms with Gasteiger partial charge in [-0.2, -0.15) is 13.2 Å². The van der Waals surface area contributed by atoms with Crippen molar-refractivity contribution in [3.8, 4) is 0 Å². The first-order chi connectivity index (χ1) is 7.93. The topological polar surface area (TPSA) is 41.5 Å². The van der Waals surface area contributed by atoms with Crippen molar-refractivity contribution in [3.05, 3.63) is 0 Å². The van der Waals surface area contributed by atoms with Crippen molar-refractivity contribution in [3.63, 3.8) is 0 Å². The Morgan fingerprint density at radius 3 is 2.71 bits per heavy atom. The van der Waals surface area contributed by atoms with E-state index in [1.54, 1.807) is 0 Å². The first-order valence-corrected chi connectivity index (χ1v) is 5.90. The molecule has 102 valence electrons. The van der Waals surface area contributed by atoms with Crippen LogP contribution in [0.25, 0.3) is 0 Å². The van der Waals surface area contributed by atoms with E-state index in [2.05, 4.69) is 5.32 Å². The van der Waals surface area contributed by atoms with Crippen molar-refractivity contribution in [1.29, 1.82) is 0 Å². The highest BCUT2D eigenvalue weighted by atomic mass is 19.4. The van der Waals surface area contributed by atoms with Crippen molar-refractivity contribution < 1.29 is 23.0 Å². The molecular weight excluding hydrogens is 235 g/mol. The highest BCUT2D eigenvalue weighted by Gasteiger charge is 2.42. The maximum atomic E-state index is 12.5. The molecule has 0 aromatic carbocycles. The smallest absolute Gasteiger partial charge is 0.389 e. The molecule has 1 fully saturated rings. The normalized spacial score (nSPS) is 28.1. The van der Waals surface area contributed by atoms with Crippen LogP contribution in [0.2, 0.25) is 0 Å². The molecule has 17 heavy (non-hydrogen) atoms. The number of aliphatic hydroxyl groups excluding tert-OH is 1. The minimum atomic E-state index is -4.09. The van der Waals surface area contributed by atoms with E-state index >= 15 is 0 Å². The zero-order valence-electron chi connectivity index (χ0n) is 9.96. The molecule has 3 atom stereocenters. The van der Waals surface area contributed by atoms with Crippen molar-refractivity contribution in [2.24, 2.45) is 5.92 Å². The molecule has 0 aromatic heterocycles. The third-order valence-corrected chi connectivity index (χ3v) is 3.14. The van der Waals surface area contributed by atoms with Gasteiger partial charge in [0.05, 0.1) is 18.6 Å². The molecule has 3 nitrogen and oxygen atoms in total. The lowest BCUT2D eigenvalue weighted by molar-refractivity contribution is -0.183. The van der Waals surface area contributed by atoms with E-state index < -0.39 is 18.2 Å². The minimum absolute atomic E-state index is 0.114. The Hall–Kier alpha value is -0.330. The van der Waals surface area contributed by atoms with E-state index in [-0.39, 0.29) is 32.0 Å². The average molecular weight is 255 g/mol. The Morgan fingerprint density at radius 1 is 1.41 bits per heavy atom. The van der Waals surface area contributed by atoms with Crippen LogP contribution in [0.1, 0.15) is 25.7 Å². The van der Waals surface area contributed by atoms with E-state index in [1.165, 1.54) is 7.11 Å². The van der Waals surface area contributed by atoms with Gasteiger partial charge in [0.1, 0.15) is 0 Å². The fourth-order valence-corrected chi connectivity index (χ4v) is 2.23. The number of aliphatic hydroxyl groups is 1. The first kappa shape index (κ1) is 14.7. The molecule has 0 amide bonds. The molecule has 1 saturated carbocycles.